The first kappa shape index (κ1) is 34.2. The average Bonchev–Trinajstić information content (AvgIpc) is 3.06. The molecule has 10 heteroatoms. The van der Waals surface area contributed by atoms with Crippen LogP contribution in [0.1, 0.15) is 36.5 Å². The Morgan fingerprint density at radius 1 is 0.891 bits per heavy atom. The van der Waals surface area contributed by atoms with Gasteiger partial charge in [0.2, 0.25) is 11.8 Å². The summed E-state index contributed by atoms with van der Waals surface area (Å²) in [6.45, 7) is 3.68. The number of nitrogens with zero attached hydrogens (tertiary/aromatic N) is 2. The number of amides is 2. The van der Waals surface area contributed by atoms with E-state index in [9.17, 15) is 22.4 Å². The first-order chi connectivity index (χ1) is 22.1. The zero-order chi connectivity index (χ0) is 33.1. The summed E-state index contributed by atoms with van der Waals surface area (Å²) in [5.74, 6) is -0.918. The van der Waals surface area contributed by atoms with Gasteiger partial charge in [-0.1, -0.05) is 73.5 Å². The van der Waals surface area contributed by atoms with Crippen molar-refractivity contribution in [2.75, 3.05) is 24.5 Å². The highest BCUT2D eigenvalue weighted by atomic mass is 32.2. The molecule has 4 aromatic carbocycles. The van der Waals surface area contributed by atoms with E-state index in [0.717, 1.165) is 40.4 Å². The molecule has 0 aliphatic carbocycles. The molecule has 8 nitrogen and oxygen atoms in total. The third-order valence-corrected chi connectivity index (χ3v) is 9.38. The summed E-state index contributed by atoms with van der Waals surface area (Å²) in [4.78, 5) is 29.7. The number of nitrogens with one attached hydrogen (secondary N) is 1. The maximum absolute atomic E-state index is 14.5. The van der Waals surface area contributed by atoms with E-state index in [4.69, 9.17) is 4.74 Å². The fourth-order valence-corrected chi connectivity index (χ4v) is 6.42. The molecular formula is C36H40FN3O5S. The number of aryl methyl sites for hydroxylation is 1. The second-order valence-corrected chi connectivity index (χ2v) is 12.9. The Morgan fingerprint density at radius 2 is 1.57 bits per heavy atom. The number of ether oxygens (including phenoxy) is 1. The summed E-state index contributed by atoms with van der Waals surface area (Å²) in [7, 11) is -2.74. The van der Waals surface area contributed by atoms with Gasteiger partial charge in [0.1, 0.15) is 24.2 Å². The minimum absolute atomic E-state index is 0.0105. The summed E-state index contributed by atoms with van der Waals surface area (Å²) in [5.41, 5.74) is 2.51. The summed E-state index contributed by atoms with van der Waals surface area (Å²) in [5, 5.41) is 2.97. The topological polar surface area (TPSA) is 96.0 Å². The van der Waals surface area contributed by atoms with E-state index < -0.39 is 34.3 Å². The number of methoxy groups -OCH3 is 1. The van der Waals surface area contributed by atoms with E-state index in [1.807, 2.05) is 50.2 Å². The highest BCUT2D eigenvalue weighted by molar-refractivity contribution is 7.92. The minimum Gasteiger partial charge on any atom is -0.497 e. The molecule has 0 fully saturated rings. The number of hydrogen-bond donors (Lipinski definition) is 1. The van der Waals surface area contributed by atoms with Crippen LogP contribution in [0.3, 0.4) is 0 Å². The fraction of sp³-hybridized carbons (Fsp3) is 0.278. The van der Waals surface area contributed by atoms with Gasteiger partial charge in [0.15, 0.2) is 0 Å². The van der Waals surface area contributed by atoms with E-state index in [1.54, 1.807) is 30.3 Å². The number of anilines is 1. The molecule has 242 valence electrons. The lowest BCUT2D eigenvalue weighted by molar-refractivity contribution is -0.140. The van der Waals surface area contributed by atoms with E-state index >= 15 is 0 Å². The molecule has 0 aromatic heterocycles. The van der Waals surface area contributed by atoms with Gasteiger partial charge in [-0.15, -0.1) is 0 Å². The van der Waals surface area contributed by atoms with Gasteiger partial charge in [0, 0.05) is 19.5 Å². The van der Waals surface area contributed by atoms with Gasteiger partial charge in [-0.05, 0) is 73.0 Å². The summed E-state index contributed by atoms with van der Waals surface area (Å²) in [6, 6.07) is 26.8. The number of unbranched alkanes of at least 4 members (excludes halogenated alkanes) is 1. The van der Waals surface area contributed by atoms with E-state index in [1.165, 1.54) is 36.3 Å². The second kappa shape index (κ2) is 16.0. The number of halogens is 1. The number of hydrogen-bond acceptors (Lipinski definition) is 5. The molecule has 0 radical (unpaired) electrons. The van der Waals surface area contributed by atoms with Crippen LogP contribution in [-0.4, -0.2) is 51.4 Å². The maximum atomic E-state index is 14.5. The van der Waals surface area contributed by atoms with Gasteiger partial charge < -0.3 is 15.0 Å². The van der Waals surface area contributed by atoms with Crippen molar-refractivity contribution in [3.05, 3.63) is 126 Å². The Morgan fingerprint density at radius 3 is 2.22 bits per heavy atom. The Labute approximate surface area is 270 Å². The van der Waals surface area contributed by atoms with Crippen molar-refractivity contribution in [2.24, 2.45) is 0 Å². The number of carbonyl (C=O) groups excluding carboxylic acids is 2. The highest BCUT2D eigenvalue weighted by Crippen LogP contribution is 2.26. The number of benzene rings is 4. The third kappa shape index (κ3) is 8.94. The van der Waals surface area contributed by atoms with Crippen LogP contribution in [0.5, 0.6) is 5.75 Å². The van der Waals surface area contributed by atoms with E-state index in [-0.39, 0.29) is 29.5 Å². The molecule has 2 amide bonds. The zero-order valence-electron chi connectivity index (χ0n) is 26.4. The van der Waals surface area contributed by atoms with Crippen molar-refractivity contribution in [1.29, 1.82) is 0 Å². The van der Waals surface area contributed by atoms with Crippen molar-refractivity contribution in [3.8, 4) is 5.75 Å². The molecule has 4 aromatic rings. The Balaban J connectivity index is 1.79. The first-order valence-corrected chi connectivity index (χ1v) is 16.7. The zero-order valence-corrected chi connectivity index (χ0v) is 27.2. The van der Waals surface area contributed by atoms with Gasteiger partial charge in [-0.2, -0.15) is 0 Å². The SMILES string of the molecule is CCCCNC(=O)C(Cc1ccccc1)N(Cc1cccc(OC)c1)C(=O)CN(c1ccc(F)cc1)S(=O)(=O)c1ccc(C)cc1. The molecule has 1 N–H and O–H groups in total. The molecular weight excluding hydrogens is 605 g/mol. The van der Waals surface area contributed by atoms with Crippen LogP contribution >= 0.6 is 0 Å². The molecule has 0 heterocycles. The molecule has 4 rings (SSSR count). The number of carbonyl (C=O) groups is 2. The maximum Gasteiger partial charge on any atom is 0.264 e. The number of sulfonamides is 1. The van der Waals surface area contributed by atoms with Crippen molar-refractivity contribution in [2.45, 2.75) is 50.6 Å². The normalized spacial score (nSPS) is 11.8. The molecule has 0 spiro atoms. The summed E-state index contributed by atoms with van der Waals surface area (Å²) < 4.78 is 48.4. The van der Waals surface area contributed by atoms with Crippen molar-refractivity contribution < 1.29 is 27.1 Å². The van der Waals surface area contributed by atoms with Crippen LogP contribution in [-0.2, 0) is 32.6 Å². The van der Waals surface area contributed by atoms with Crippen LogP contribution in [0, 0.1) is 12.7 Å². The largest absolute Gasteiger partial charge is 0.497 e. The van der Waals surface area contributed by atoms with Crippen molar-refractivity contribution in [3.63, 3.8) is 0 Å². The van der Waals surface area contributed by atoms with Gasteiger partial charge in [0.05, 0.1) is 17.7 Å². The first-order valence-electron chi connectivity index (χ1n) is 15.2. The fourth-order valence-electron chi connectivity index (χ4n) is 5.00. The standard InChI is InChI=1S/C36H40FN3O5S/c1-4-5-22-38-36(42)34(24-28-10-7-6-8-11-28)39(25-29-12-9-13-32(23-29)45-3)35(41)26-40(31-18-16-30(37)17-19-31)46(43,44)33-20-14-27(2)15-21-33/h6-21,23,34H,4-5,22,24-26H2,1-3H3,(H,38,42). The average molecular weight is 646 g/mol. The van der Waals surface area contributed by atoms with E-state index in [2.05, 4.69) is 5.32 Å². The molecule has 1 atom stereocenters. The predicted octanol–water partition coefficient (Wildman–Crippen LogP) is 5.89. The molecule has 0 saturated carbocycles. The van der Waals surface area contributed by atoms with Crippen molar-refractivity contribution >= 4 is 27.5 Å². The molecule has 46 heavy (non-hydrogen) atoms. The monoisotopic (exact) mass is 645 g/mol. The van der Waals surface area contributed by atoms with Gasteiger partial charge in [-0.25, -0.2) is 12.8 Å². The lowest BCUT2D eigenvalue weighted by Crippen LogP contribution is -2.53. The predicted molar refractivity (Wildman–Crippen MR) is 178 cm³/mol. The minimum atomic E-state index is -4.28. The van der Waals surface area contributed by atoms with Crippen LogP contribution in [0.25, 0.3) is 0 Å². The smallest absolute Gasteiger partial charge is 0.264 e. The quantitative estimate of drug-likeness (QED) is 0.163. The number of rotatable bonds is 15. The van der Waals surface area contributed by atoms with Crippen molar-refractivity contribution in [1.82, 2.24) is 10.2 Å². The molecule has 0 bridgehead atoms. The van der Waals surface area contributed by atoms with Crippen LogP contribution in [0.15, 0.2) is 108 Å². The van der Waals surface area contributed by atoms with Crippen LogP contribution in [0.2, 0.25) is 0 Å². The Kier molecular flexibility index (Phi) is 11.9. The lowest BCUT2D eigenvalue weighted by atomic mass is 10.0. The molecule has 0 aliphatic heterocycles. The highest BCUT2D eigenvalue weighted by Gasteiger charge is 2.34. The Hall–Kier alpha value is -4.70. The van der Waals surface area contributed by atoms with E-state index in [0.29, 0.717) is 17.9 Å². The van der Waals surface area contributed by atoms with Gasteiger partial charge >= 0.3 is 0 Å². The van der Waals surface area contributed by atoms with Gasteiger partial charge in [-0.3, -0.25) is 13.9 Å². The lowest BCUT2D eigenvalue weighted by Gasteiger charge is -2.34. The second-order valence-electron chi connectivity index (χ2n) is 11.0. The molecule has 1 unspecified atom stereocenters. The summed E-state index contributed by atoms with van der Waals surface area (Å²) in [6.07, 6.45) is 1.84. The van der Waals surface area contributed by atoms with Crippen LogP contribution < -0.4 is 14.4 Å². The molecule has 0 aliphatic rings. The van der Waals surface area contributed by atoms with Crippen LogP contribution in [0.4, 0.5) is 10.1 Å². The summed E-state index contributed by atoms with van der Waals surface area (Å²) >= 11 is 0. The van der Waals surface area contributed by atoms with Gasteiger partial charge in [0.25, 0.3) is 10.0 Å². The molecule has 0 saturated heterocycles. The third-order valence-electron chi connectivity index (χ3n) is 7.59. The Bertz CT molecular complexity index is 1700.